The summed E-state index contributed by atoms with van der Waals surface area (Å²) in [5.74, 6) is 0.891. The Morgan fingerprint density at radius 2 is 1.59 bits per heavy atom. The molecule has 0 spiro atoms. The average Bonchev–Trinajstić information content (AvgIpc) is 3.16. The van der Waals surface area contributed by atoms with Crippen molar-refractivity contribution in [2.45, 2.75) is 31.3 Å². The lowest BCUT2D eigenvalue weighted by atomic mass is 9.87. The van der Waals surface area contributed by atoms with Gasteiger partial charge in [0.2, 0.25) is 16.9 Å². The van der Waals surface area contributed by atoms with E-state index in [1.54, 1.807) is 47.8 Å². The first-order valence-corrected chi connectivity index (χ1v) is 16.3. The second-order valence-electron chi connectivity index (χ2n) is 12.0. The summed E-state index contributed by atoms with van der Waals surface area (Å²) in [6.07, 6.45) is 2.09. The van der Waals surface area contributed by atoms with Gasteiger partial charge in [0.1, 0.15) is 5.76 Å². The minimum atomic E-state index is -0.845. The number of carbonyl (C=O) groups is 1. The van der Waals surface area contributed by atoms with E-state index in [1.807, 2.05) is 48.5 Å². The molecule has 0 fully saturated rings. The first-order valence-electron chi connectivity index (χ1n) is 16.3. The zero-order valence-corrected chi connectivity index (χ0v) is 29.3. The summed E-state index contributed by atoms with van der Waals surface area (Å²) in [6, 6.07) is 17.8. The summed E-state index contributed by atoms with van der Waals surface area (Å²) in [4.78, 5) is 32.8. The Morgan fingerprint density at radius 1 is 0.902 bits per heavy atom. The van der Waals surface area contributed by atoms with E-state index in [0.717, 1.165) is 22.1 Å². The number of carbonyl (C=O) groups excluding carboxylic acids is 1. The lowest BCUT2D eigenvalue weighted by molar-refractivity contribution is -0.140. The van der Waals surface area contributed by atoms with E-state index in [0.29, 0.717) is 58.6 Å². The monoisotopic (exact) mass is 696 g/mol. The molecule has 51 heavy (non-hydrogen) atoms. The summed E-state index contributed by atoms with van der Waals surface area (Å²) in [5.41, 5.74) is 3.54. The Bertz CT molecular complexity index is 2100. The van der Waals surface area contributed by atoms with Crippen LogP contribution >= 0.6 is 0 Å². The van der Waals surface area contributed by atoms with Crippen LogP contribution in [0.3, 0.4) is 0 Å². The standard InChI is InChI=1S/C39H40N2O10/c1-45-31-15-22-12-14-41(36(27(22)19-32(31)46-2)23-16-33(47-3)39(50-6)34(17-23)48-4)21-24-18-30(42)37(44)38(51-24)28(20-35(43)49-5)25-11-13-40-29-10-8-7-9-26(25)29/h7-11,13,15-19,28,36,44H,12,14,20-21H2,1-6H3. The number of pyridine rings is 1. The maximum Gasteiger partial charge on any atom is 0.306 e. The Kier molecular flexibility index (Phi) is 10.3. The Balaban J connectivity index is 1.50. The van der Waals surface area contributed by atoms with Crippen LogP contribution in [0.4, 0.5) is 0 Å². The van der Waals surface area contributed by atoms with Gasteiger partial charge in [0.05, 0.1) is 73.1 Å². The van der Waals surface area contributed by atoms with Crippen molar-refractivity contribution in [2.24, 2.45) is 0 Å². The van der Waals surface area contributed by atoms with Crippen molar-refractivity contribution in [3.8, 4) is 34.5 Å². The zero-order valence-electron chi connectivity index (χ0n) is 29.3. The van der Waals surface area contributed by atoms with Gasteiger partial charge in [-0.3, -0.25) is 19.5 Å². The molecule has 0 bridgehead atoms. The summed E-state index contributed by atoms with van der Waals surface area (Å²) in [7, 11) is 9.14. The molecular weight excluding hydrogens is 656 g/mol. The van der Waals surface area contributed by atoms with Gasteiger partial charge in [-0.2, -0.15) is 0 Å². The Labute approximate surface area is 295 Å². The van der Waals surface area contributed by atoms with Crippen molar-refractivity contribution in [1.29, 1.82) is 0 Å². The molecule has 1 aliphatic heterocycles. The van der Waals surface area contributed by atoms with Crippen molar-refractivity contribution >= 4 is 16.9 Å². The normalized spacial score (nSPS) is 14.7. The van der Waals surface area contributed by atoms with Crippen molar-refractivity contribution in [2.75, 3.05) is 49.2 Å². The van der Waals surface area contributed by atoms with Crippen LogP contribution < -0.4 is 29.1 Å². The summed E-state index contributed by atoms with van der Waals surface area (Å²) in [5, 5.41) is 11.9. The largest absolute Gasteiger partial charge is 0.502 e. The van der Waals surface area contributed by atoms with E-state index in [9.17, 15) is 14.7 Å². The molecule has 2 aromatic heterocycles. The molecule has 0 saturated heterocycles. The number of nitrogens with zero attached hydrogens (tertiary/aromatic N) is 2. The smallest absolute Gasteiger partial charge is 0.306 e. The molecule has 5 aromatic rings. The molecule has 0 radical (unpaired) electrons. The van der Waals surface area contributed by atoms with E-state index in [2.05, 4.69) is 9.88 Å². The highest BCUT2D eigenvalue weighted by molar-refractivity contribution is 5.84. The van der Waals surface area contributed by atoms with Crippen molar-refractivity contribution < 1.29 is 42.7 Å². The topological polar surface area (TPSA) is 139 Å². The van der Waals surface area contributed by atoms with Crippen molar-refractivity contribution in [1.82, 2.24) is 9.88 Å². The van der Waals surface area contributed by atoms with Crippen LogP contribution in [0.2, 0.25) is 0 Å². The molecule has 0 saturated carbocycles. The lowest BCUT2D eigenvalue weighted by Crippen LogP contribution is -2.36. The first kappa shape index (κ1) is 35.1. The summed E-state index contributed by atoms with van der Waals surface area (Å²) in [6.45, 7) is 0.726. The summed E-state index contributed by atoms with van der Waals surface area (Å²) < 4.78 is 39.9. The molecule has 2 unspecified atom stereocenters. The van der Waals surface area contributed by atoms with Crippen LogP contribution in [0.5, 0.6) is 34.5 Å². The van der Waals surface area contributed by atoms with E-state index in [4.69, 9.17) is 32.8 Å². The van der Waals surface area contributed by atoms with Gasteiger partial charge in [0.25, 0.3) is 0 Å². The quantitative estimate of drug-likeness (QED) is 0.158. The van der Waals surface area contributed by atoms with Crippen molar-refractivity contribution in [3.63, 3.8) is 0 Å². The second kappa shape index (κ2) is 15.0. The number of aromatic hydroxyl groups is 1. The molecule has 12 heteroatoms. The number of benzene rings is 3. The third kappa shape index (κ3) is 6.74. The number of hydrogen-bond acceptors (Lipinski definition) is 12. The van der Waals surface area contributed by atoms with Gasteiger partial charge >= 0.3 is 5.97 Å². The SMILES string of the molecule is COC(=O)CC(c1oc(CN2CCc3cc(OC)c(OC)cc3C2c2cc(OC)c(OC)c(OC)c2)cc(=O)c1O)c1ccnc2ccccc12. The molecule has 266 valence electrons. The molecule has 2 atom stereocenters. The molecular formula is C39H40N2O10. The predicted octanol–water partition coefficient (Wildman–Crippen LogP) is 5.78. The van der Waals surface area contributed by atoms with Gasteiger partial charge in [-0.05, 0) is 65.1 Å². The third-order valence-corrected chi connectivity index (χ3v) is 9.31. The lowest BCUT2D eigenvalue weighted by Gasteiger charge is -2.38. The Hall–Kier alpha value is -5.75. The van der Waals surface area contributed by atoms with E-state index >= 15 is 0 Å². The van der Waals surface area contributed by atoms with Gasteiger partial charge in [-0.1, -0.05) is 18.2 Å². The highest BCUT2D eigenvalue weighted by Gasteiger charge is 2.34. The predicted molar refractivity (Wildman–Crippen MR) is 188 cm³/mol. The van der Waals surface area contributed by atoms with E-state index in [-0.39, 0.29) is 18.7 Å². The minimum absolute atomic E-state index is 0.0348. The van der Waals surface area contributed by atoms with Gasteiger partial charge in [-0.15, -0.1) is 0 Å². The molecule has 1 aliphatic rings. The number of rotatable bonds is 12. The van der Waals surface area contributed by atoms with Crippen LogP contribution in [-0.2, 0) is 22.5 Å². The second-order valence-corrected chi connectivity index (χ2v) is 12.0. The van der Waals surface area contributed by atoms with E-state index < -0.39 is 29.1 Å². The fraction of sp³-hybridized carbons (Fsp3) is 0.308. The van der Waals surface area contributed by atoms with Gasteiger partial charge in [-0.25, -0.2) is 0 Å². The molecule has 0 amide bonds. The van der Waals surface area contributed by atoms with E-state index in [1.165, 1.54) is 13.2 Å². The molecule has 1 N–H and O–H groups in total. The minimum Gasteiger partial charge on any atom is -0.502 e. The summed E-state index contributed by atoms with van der Waals surface area (Å²) >= 11 is 0. The number of fused-ring (bicyclic) bond motifs is 2. The van der Waals surface area contributed by atoms with Gasteiger partial charge in [0.15, 0.2) is 28.8 Å². The van der Waals surface area contributed by atoms with Crippen LogP contribution in [0.25, 0.3) is 10.9 Å². The molecule has 0 aliphatic carbocycles. The number of ether oxygens (including phenoxy) is 6. The van der Waals surface area contributed by atoms with Crippen molar-refractivity contribution in [3.05, 3.63) is 111 Å². The highest BCUT2D eigenvalue weighted by Crippen LogP contribution is 2.46. The molecule has 3 heterocycles. The van der Waals surface area contributed by atoms with Crippen LogP contribution in [0.1, 0.15) is 52.2 Å². The molecule has 6 rings (SSSR count). The Morgan fingerprint density at radius 3 is 2.25 bits per heavy atom. The third-order valence-electron chi connectivity index (χ3n) is 9.31. The number of hydrogen-bond donors (Lipinski definition) is 1. The number of para-hydroxylation sites is 1. The number of esters is 1. The first-order chi connectivity index (χ1) is 24.7. The maximum absolute atomic E-state index is 13.5. The van der Waals surface area contributed by atoms with Crippen LogP contribution in [-0.4, -0.2) is 70.2 Å². The average molecular weight is 697 g/mol. The number of methoxy groups -OCH3 is 6. The molecule has 12 nitrogen and oxygen atoms in total. The van der Waals surface area contributed by atoms with Crippen LogP contribution in [0.15, 0.2) is 76.1 Å². The van der Waals surface area contributed by atoms with Gasteiger partial charge < -0.3 is 37.9 Å². The molecule has 3 aromatic carbocycles. The fourth-order valence-electron chi connectivity index (χ4n) is 6.90. The fourth-order valence-corrected chi connectivity index (χ4v) is 6.90. The van der Waals surface area contributed by atoms with Crippen LogP contribution in [0, 0.1) is 0 Å². The maximum atomic E-state index is 13.5. The van der Waals surface area contributed by atoms with Gasteiger partial charge in [0, 0.05) is 24.2 Å². The highest BCUT2D eigenvalue weighted by atomic mass is 16.5. The zero-order chi connectivity index (χ0) is 36.2. The number of aromatic nitrogens is 1.